The zero-order valence-electron chi connectivity index (χ0n) is 16.9. The number of sulfone groups is 1. The van der Waals surface area contributed by atoms with Gasteiger partial charge in [-0.05, 0) is 17.7 Å². The van der Waals surface area contributed by atoms with Crippen LogP contribution >= 0.6 is 0 Å². The normalized spacial score (nSPS) is 14.1. The second-order valence-electron chi connectivity index (χ2n) is 7.08. The number of halogens is 1. The number of carbonyl (C=O) groups excluding carboxylic acids is 1. The number of ketones is 1. The van der Waals surface area contributed by atoms with E-state index in [-0.39, 0.29) is 16.8 Å². The highest BCUT2D eigenvalue weighted by Crippen LogP contribution is 2.43. The van der Waals surface area contributed by atoms with Gasteiger partial charge in [-0.25, -0.2) is 8.42 Å². The third-order valence-electron chi connectivity index (χ3n) is 5.10. The molecule has 2 atom stereocenters. The number of nitro benzene ring substituents is 1. The van der Waals surface area contributed by atoms with Crippen molar-refractivity contribution in [2.24, 2.45) is 0 Å². The van der Waals surface area contributed by atoms with Crippen LogP contribution in [0.2, 0.25) is 0 Å². The lowest BCUT2D eigenvalue weighted by Crippen LogP contribution is -2.48. The summed E-state index contributed by atoms with van der Waals surface area (Å²) < 4.78 is 42.6. The van der Waals surface area contributed by atoms with E-state index in [0.717, 1.165) is 36.4 Å². The SMILES string of the molecule is O=C(CC(c1ccc([N+](=O)[O-])cc1)C(F)([N+](=O)[O-])S(=O)(=O)c1ccccc1)c1ccccc1. The summed E-state index contributed by atoms with van der Waals surface area (Å²) in [6, 6.07) is 17.5. The van der Waals surface area contributed by atoms with Crippen LogP contribution in [0.3, 0.4) is 0 Å². The van der Waals surface area contributed by atoms with E-state index in [1.807, 2.05) is 0 Å². The van der Waals surface area contributed by atoms with Crippen LogP contribution in [0.1, 0.15) is 28.3 Å². The number of nitrogens with zero attached hydrogens (tertiary/aromatic N) is 2. The van der Waals surface area contributed by atoms with Crippen molar-refractivity contribution < 1.29 is 27.4 Å². The maximum absolute atomic E-state index is 16.3. The van der Waals surface area contributed by atoms with Crippen molar-refractivity contribution in [3.8, 4) is 0 Å². The minimum absolute atomic E-state index is 0.104. The summed E-state index contributed by atoms with van der Waals surface area (Å²) in [6.07, 6.45) is -0.870. The van der Waals surface area contributed by atoms with E-state index >= 15 is 4.39 Å². The van der Waals surface area contributed by atoms with Crippen molar-refractivity contribution in [2.75, 3.05) is 0 Å². The van der Waals surface area contributed by atoms with Crippen LogP contribution in [0, 0.1) is 20.2 Å². The van der Waals surface area contributed by atoms with Crippen molar-refractivity contribution >= 4 is 21.3 Å². The van der Waals surface area contributed by atoms with Gasteiger partial charge in [0.1, 0.15) is 5.92 Å². The van der Waals surface area contributed by atoms with E-state index in [2.05, 4.69) is 0 Å². The summed E-state index contributed by atoms with van der Waals surface area (Å²) in [5, 5.41) is 18.8. The summed E-state index contributed by atoms with van der Waals surface area (Å²) in [5.74, 6) is -2.82. The largest absolute Gasteiger partial charge is 0.469 e. The van der Waals surface area contributed by atoms with Crippen molar-refractivity contribution in [1.82, 2.24) is 0 Å². The quantitative estimate of drug-likeness (QED) is 0.196. The highest BCUT2D eigenvalue weighted by molar-refractivity contribution is 7.92. The Kier molecular flexibility index (Phi) is 6.63. The van der Waals surface area contributed by atoms with Gasteiger partial charge >= 0.3 is 5.12 Å². The molecule has 170 valence electrons. The molecule has 11 heteroatoms. The minimum atomic E-state index is -5.25. The molecule has 0 aliphatic rings. The molecule has 0 radical (unpaired) electrons. The summed E-state index contributed by atoms with van der Waals surface area (Å²) in [5.41, 5.74) is -0.529. The summed E-state index contributed by atoms with van der Waals surface area (Å²) in [6.45, 7) is 0. The van der Waals surface area contributed by atoms with Crippen LogP contribution in [0.5, 0.6) is 0 Å². The Morgan fingerprint density at radius 3 is 1.88 bits per heavy atom. The lowest BCUT2D eigenvalue weighted by atomic mass is 9.90. The zero-order valence-corrected chi connectivity index (χ0v) is 17.7. The smallest absolute Gasteiger partial charge is 0.294 e. The molecule has 0 N–H and O–H groups in total. The van der Waals surface area contributed by atoms with Gasteiger partial charge in [-0.15, -0.1) is 4.39 Å². The third kappa shape index (κ3) is 4.48. The van der Waals surface area contributed by atoms with Gasteiger partial charge in [0.25, 0.3) is 15.5 Å². The molecule has 0 heterocycles. The fraction of sp³-hybridized carbons (Fsp3) is 0.136. The number of hydrogen-bond donors (Lipinski definition) is 0. The topological polar surface area (TPSA) is 137 Å². The summed E-state index contributed by atoms with van der Waals surface area (Å²) in [7, 11) is -5.25. The van der Waals surface area contributed by atoms with E-state index in [4.69, 9.17) is 0 Å². The van der Waals surface area contributed by atoms with Gasteiger partial charge in [-0.3, -0.25) is 25.0 Å². The van der Waals surface area contributed by atoms with E-state index < -0.39 is 47.8 Å². The molecule has 3 rings (SSSR count). The number of Topliss-reactive ketones (excluding diaryl/α,β-unsaturated/α-hetero) is 1. The van der Waals surface area contributed by atoms with Crippen LogP contribution in [0.4, 0.5) is 10.1 Å². The van der Waals surface area contributed by atoms with Gasteiger partial charge in [0, 0.05) is 24.1 Å². The molecule has 3 aromatic carbocycles. The second-order valence-corrected chi connectivity index (χ2v) is 9.13. The van der Waals surface area contributed by atoms with E-state index in [1.165, 1.54) is 42.5 Å². The van der Waals surface area contributed by atoms with E-state index in [1.54, 1.807) is 6.07 Å². The van der Waals surface area contributed by atoms with Gasteiger partial charge in [-0.1, -0.05) is 60.7 Å². The van der Waals surface area contributed by atoms with Crippen LogP contribution in [0.25, 0.3) is 0 Å². The standard InChI is InChI=1S/C22H17FN2O7S/c23-22(25(29)30,33(31,32)19-9-5-2-6-10-19)20(15-21(26)17-7-3-1-4-8-17)16-11-13-18(14-12-16)24(27)28/h1-14,20H,15H2. The Labute approximate surface area is 187 Å². The predicted molar refractivity (Wildman–Crippen MR) is 116 cm³/mol. The Hall–Kier alpha value is -3.99. The maximum atomic E-state index is 16.3. The minimum Gasteiger partial charge on any atom is -0.294 e. The highest BCUT2D eigenvalue weighted by atomic mass is 32.2. The molecule has 0 saturated heterocycles. The molecule has 0 amide bonds. The molecule has 3 aromatic rings. The highest BCUT2D eigenvalue weighted by Gasteiger charge is 2.64. The van der Waals surface area contributed by atoms with Gasteiger partial charge < -0.3 is 0 Å². The summed E-state index contributed by atoms with van der Waals surface area (Å²) in [4.78, 5) is 32.9. The number of benzene rings is 3. The molecular weight excluding hydrogens is 455 g/mol. The molecule has 0 fully saturated rings. The van der Waals surface area contributed by atoms with Crippen molar-refractivity contribution in [3.63, 3.8) is 0 Å². The zero-order chi connectivity index (χ0) is 24.2. The molecule has 9 nitrogen and oxygen atoms in total. The van der Waals surface area contributed by atoms with Crippen molar-refractivity contribution in [1.29, 1.82) is 0 Å². The van der Waals surface area contributed by atoms with E-state index in [0.29, 0.717) is 0 Å². The van der Waals surface area contributed by atoms with Crippen LogP contribution in [0.15, 0.2) is 89.8 Å². The van der Waals surface area contributed by atoms with Gasteiger partial charge in [-0.2, -0.15) is 0 Å². The predicted octanol–water partition coefficient (Wildman–Crippen LogP) is 4.33. The number of alkyl halides is 1. The Morgan fingerprint density at radius 2 is 1.39 bits per heavy atom. The van der Waals surface area contributed by atoms with E-state index in [9.17, 15) is 33.4 Å². The van der Waals surface area contributed by atoms with Crippen molar-refractivity contribution in [2.45, 2.75) is 22.4 Å². The Morgan fingerprint density at radius 1 is 0.879 bits per heavy atom. The monoisotopic (exact) mass is 472 g/mol. The molecule has 0 aromatic heterocycles. The molecule has 0 aliphatic carbocycles. The second kappa shape index (κ2) is 9.25. The molecular formula is C22H17FN2O7S. The first-order valence-corrected chi connectivity index (χ1v) is 11.0. The average molecular weight is 472 g/mol. The first-order chi connectivity index (χ1) is 15.6. The van der Waals surface area contributed by atoms with Crippen LogP contribution in [-0.4, -0.2) is 29.2 Å². The van der Waals surface area contributed by atoms with Crippen LogP contribution in [-0.2, 0) is 9.84 Å². The third-order valence-corrected chi connectivity index (χ3v) is 7.18. The number of nitro groups is 2. The van der Waals surface area contributed by atoms with Crippen LogP contribution < -0.4 is 0 Å². The molecule has 0 spiro atoms. The first kappa shape index (κ1) is 23.7. The van der Waals surface area contributed by atoms with Gasteiger partial charge in [0.2, 0.25) is 0 Å². The van der Waals surface area contributed by atoms with Gasteiger partial charge in [0.05, 0.1) is 14.7 Å². The Balaban J connectivity index is 2.19. The molecule has 0 aliphatic heterocycles. The fourth-order valence-corrected chi connectivity index (χ4v) is 5.02. The fourth-order valence-electron chi connectivity index (χ4n) is 3.38. The molecule has 33 heavy (non-hydrogen) atoms. The number of rotatable bonds is 9. The maximum Gasteiger partial charge on any atom is 0.469 e. The van der Waals surface area contributed by atoms with Gasteiger partial charge in [0.15, 0.2) is 5.78 Å². The number of hydrogen-bond acceptors (Lipinski definition) is 7. The molecule has 0 bridgehead atoms. The Bertz CT molecular complexity index is 1280. The lowest BCUT2D eigenvalue weighted by Gasteiger charge is -2.26. The van der Waals surface area contributed by atoms with Crippen molar-refractivity contribution in [3.05, 3.63) is 116 Å². The summed E-state index contributed by atoms with van der Waals surface area (Å²) >= 11 is 0. The first-order valence-electron chi connectivity index (χ1n) is 9.54. The molecule has 2 unspecified atom stereocenters. The lowest BCUT2D eigenvalue weighted by molar-refractivity contribution is -0.578. The number of carbonyl (C=O) groups is 1. The number of non-ortho nitro benzene ring substituents is 1. The molecule has 0 saturated carbocycles. The average Bonchev–Trinajstić information content (AvgIpc) is 2.82.